The lowest BCUT2D eigenvalue weighted by Crippen LogP contribution is -2.37. The number of unbranched alkanes of at least 4 members (excludes halogenated alkanes) is 17. The van der Waals surface area contributed by atoms with Gasteiger partial charge in [0.15, 0.2) is 6.10 Å². The summed E-state index contributed by atoms with van der Waals surface area (Å²) in [6.07, 6.45) is 48.2. The number of carbonyl (C=O) groups excluding carboxylic acids is 2. The highest BCUT2D eigenvalue weighted by Crippen LogP contribution is 2.38. The van der Waals surface area contributed by atoms with E-state index in [1.807, 2.05) is 21.1 Å². The summed E-state index contributed by atoms with van der Waals surface area (Å²) in [5.74, 6) is -0.887. The fourth-order valence-electron chi connectivity index (χ4n) is 5.87. The normalized spacial score (nSPS) is 14.1. The Labute approximate surface area is 356 Å². The second kappa shape index (κ2) is 40.1. The predicted octanol–water partition coefficient (Wildman–Crippen LogP) is 12.6. The molecular formula is C48H86NO8P. The molecule has 1 unspecified atom stereocenters. The van der Waals surface area contributed by atoms with Gasteiger partial charge < -0.3 is 27.9 Å². The van der Waals surface area contributed by atoms with Gasteiger partial charge in [-0.25, -0.2) is 0 Å². The maximum atomic E-state index is 12.7. The second-order valence-corrected chi connectivity index (χ2v) is 17.8. The number of allylic oxidation sites excluding steroid dienone is 10. The summed E-state index contributed by atoms with van der Waals surface area (Å²) in [5.41, 5.74) is 0. The molecule has 0 aliphatic rings. The zero-order chi connectivity index (χ0) is 42.8. The Bertz CT molecular complexity index is 1170. The molecule has 0 fully saturated rings. The van der Waals surface area contributed by atoms with Crippen LogP contribution in [0.2, 0.25) is 0 Å². The maximum Gasteiger partial charge on any atom is 0.306 e. The highest BCUT2D eigenvalue weighted by atomic mass is 31.2. The molecule has 0 saturated carbocycles. The summed E-state index contributed by atoms with van der Waals surface area (Å²) in [5, 5.41) is 0. The van der Waals surface area contributed by atoms with Crippen LogP contribution in [0.1, 0.15) is 181 Å². The Morgan fingerprint density at radius 3 is 1.41 bits per heavy atom. The van der Waals surface area contributed by atoms with Crippen LogP contribution in [0.4, 0.5) is 0 Å². The molecule has 0 spiro atoms. The van der Waals surface area contributed by atoms with Crippen molar-refractivity contribution in [1.82, 2.24) is 0 Å². The van der Waals surface area contributed by atoms with E-state index in [1.54, 1.807) is 0 Å². The van der Waals surface area contributed by atoms with Gasteiger partial charge in [-0.2, -0.15) is 0 Å². The molecule has 336 valence electrons. The monoisotopic (exact) mass is 836 g/mol. The first-order valence-corrected chi connectivity index (χ1v) is 24.5. The number of rotatable bonds is 41. The minimum Gasteiger partial charge on any atom is -0.756 e. The van der Waals surface area contributed by atoms with Crippen LogP contribution in [-0.2, 0) is 32.7 Å². The first-order chi connectivity index (χ1) is 28.0. The SMILES string of the molecule is CCCCC/C=C\C/C=C\C/C=C\CCCCC(=O)OC[C@H](COP(=O)([O-])OCC[N+](C)(C)C)OC(=O)CCCCCCCCCCC/C=C\C/C=C\CCCCC. The number of hydrogen-bond donors (Lipinski definition) is 0. The predicted molar refractivity (Wildman–Crippen MR) is 240 cm³/mol. The molecule has 2 atom stereocenters. The number of esters is 2. The number of likely N-dealkylation sites (N-methyl/N-ethyl adjacent to an activating group) is 1. The number of quaternary nitrogens is 1. The first-order valence-electron chi connectivity index (χ1n) is 23.0. The third kappa shape index (κ3) is 43.3. The minimum absolute atomic E-state index is 0.0401. The van der Waals surface area contributed by atoms with Crippen molar-refractivity contribution in [2.75, 3.05) is 47.5 Å². The zero-order valence-electron chi connectivity index (χ0n) is 37.7. The van der Waals surface area contributed by atoms with Gasteiger partial charge in [0.1, 0.15) is 19.8 Å². The molecule has 0 bridgehead atoms. The van der Waals surface area contributed by atoms with Crippen molar-refractivity contribution in [3.05, 3.63) is 60.8 Å². The van der Waals surface area contributed by atoms with Crippen LogP contribution < -0.4 is 4.89 Å². The average Bonchev–Trinajstić information content (AvgIpc) is 3.17. The molecule has 0 aliphatic carbocycles. The third-order valence-corrected chi connectivity index (χ3v) is 10.5. The Kier molecular flexibility index (Phi) is 38.5. The van der Waals surface area contributed by atoms with Gasteiger partial charge in [0, 0.05) is 12.8 Å². The summed E-state index contributed by atoms with van der Waals surface area (Å²) in [6.45, 7) is 4.12. The van der Waals surface area contributed by atoms with E-state index in [9.17, 15) is 19.0 Å². The van der Waals surface area contributed by atoms with Gasteiger partial charge in [0.25, 0.3) is 7.82 Å². The third-order valence-electron chi connectivity index (χ3n) is 9.51. The Morgan fingerprint density at radius 2 is 0.931 bits per heavy atom. The molecule has 0 rings (SSSR count). The van der Waals surface area contributed by atoms with Crippen molar-refractivity contribution in [2.45, 2.75) is 187 Å². The largest absolute Gasteiger partial charge is 0.756 e. The molecule has 0 aromatic heterocycles. The maximum absolute atomic E-state index is 12.7. The van der Waals surface area contributed by atoms with E-state index in [0.717, 1.165) is 64.2 Å². The summed E-state index contributed by atoms with van der Waals surface area (Å²) >= 11 is 0. The Morgan fingerprint density at radius 1 is 0.534 bits per heavy atom. The summed E-state index contributed by atoms with van der Waals surface area (Å²) in [6, 6.07) is 0. The zero-order valence-corrected chi connectivity index (χ0v) is 38.6. The molecule has 0 amide bonds. The summed E-state index contributed by atoms with van der Waals surface area (Å²) < 4.78 is 33.9. The molecule has 0 aliphatic heterocycles. The quantitative estimate of drug-likeness (QED) is 0.0197. The van der Waals surface area contributed by atoms with Crippen molar-refractivity contribution in [3.63, 3.8) is 0 Å². The molecule has 58 heavy (non-hydrogen) atoms. The van der Waals surface area contributed by atoms with Gasteiger partial charge in [0.2, 0.25) is 0 Å². The van der Waals surface area contributed by atoms with Crippen LogP contribution in [0.5, 0.6) is 0 Å². The summed E-state index contributed by atoms with van der Waals surface area (Å²) in [4.78, 5) is 37.6. The number of carbonyl (C=O) groups is 2. The fraction of sp³-hybridized carbons (Fsp3) is 0.750. The number of phosphoric ester groups is 1. The lowest BCUT2D eigenvalue weighted by Gasteiger charge is -2.28. The van der Waals surface area contributed by atoms with E-state index in [-0.39, 0.29) is 26.1 Å². The van der Waals surface area contributed by atoms with E-state index in [2.05, 4.69) is 74.6 Å². The van der Waals surface area contributed by atoms with Gasteiger partial charge in [0.05, 0.1) is 27.7 Å². The lowest BCUT2D eigenvalue weighted by molar-refractivity contribution is -0.870. The molecule has 0 aromatic carbocycles. The highest BCUT2D eigenvalue weighted by molar-refractivity contribution is 7.45. The second-order valence-electron chi connectivity index (χ2n) is 16.4. The van der Waals surface area contributed by atoms with Crippen LogP contribution in [0.25, 0.3) is 0 Å². The van der Waals surface area contributed by atoms with E-state index in [0.29, 0.717) is 23.9 Å². The van der Waals surface area contributed by atoms with Crippen molar-refractivity contribution in [2.24, 2.45) is 0 Å². The van der Waals surface area contributed by atoms with Crippen LogP contribution >= 0.6 is 7.82 Å². The molecule has 0 N–H and O–H groups in total. The standard InChI is InChI=1S/C48H86NO8P/c1-6-8-10-12-14-16-18-20-22-23-24-25-27-29-31-33-35-37-39-41-48(51)57-46(45-56-58(52,53)55-43-42-49(3,4)5)44-54-47(50)40-38-36-34-32-30-28-26-21-19-17-15-13-11-9-7-2/h14-17,20-22,26,30,32,46H,6-13,18-19,23-25,27-29,31,33-45H2,1-5H3/b16-14-,17-15-,22-20-,26-21-,32-30-/t46-/m1/s1. The van der Waals surface area contributed by atoms with E-state index in [4.69, 9.17) is 18.5 Å². The van der Waals surface area contributed by atoms with Crippen molar-refractivity contribution < 1.29 is 42.1 Å². The number of ether oxygens (including phenoxy) is 2. The Hall–Kier alpha value is -2.29. The number of hydrogen-bond acceptors (Lipinski definition) is 8. The smallest absolute Gasteiger partial charge is 0.306 e. The van der Waals surface area contributed by atoms with Gasteiger partial charge >= 0.3 is 11.9 Å². The molecule has 9 nitrogen and oxygen atoms in total. The minimum atomic E-state index is -4.64. The van der Waals surface area contributed by atoms with Crippen LogP contribution in [0.15, 0.2) is 60.8 Å². The number of nitrogens with zero attached hydrogens (tertiary/aromatic N) is 1. The molecule has 0 saturated heterocycles. The van der Waals surface area contributed by atoms with Gasteiger partial charge in [-0.05, 0) is 83.5 Å². The molecule has 10 heteroatoms. The van der Waals surface area contributed by atoms with E-state index in [1.165, 1.54) is 77.0 Å². The highest BCUT2D eigenvalue weighted by Gasteiger charge is 2.21. The van der Waals surface area contributed by atoms with E-state index >= 15 is 0 Å². The number of phosphoric acid groups is 1. The van der Waals surface area contributed by atoms with E-state index < -0.39 is 32.5 Å². The lowest BCUT2D eigenvalue weighted by atomic mass is 10.1. The summed E-state index contributed by atoms with van der Waals surface area (Å²) in [7, 11) is 1.13. The van der Waals surface area contributed by atoms with Crippen LogP contribution in [0.3, 0.4) is 0 Å². The van der Waals surface area contributed by atoms with Crippen LogP contribution in [0, 0.1) is 0 Å². The first kappa shape index (κ1) is 55.7. The van der Waals surface area contributed by atoms with Gasteiger partial charge in [-0.1, -0.05) is 145 Å². The molecule has 0 aromatic rings. The Balaban J connectivity index is 4.39. The van der Waals surface area contributed by atoms with Crippen LogP contribution in [-0.4, -0.2) is 70.0 Å². The molecule has 0 heterocycles. The van der Waals surface area contributed by atoms with Crippen molar-refractivity contribution in [1.29, 1.82) is 0 Å². The average molecular weight is 836 g/mol. The van der Waals surface area contributed by atoms with Crippen molar-refractivity contribution in [3.8, 4) is 0 Å². The van der Waals surface area contributed by atoms with Crippen molar-refractivity contribution >= 4 is 19.8 Å². The van der Waals surface area contributed by atoms with Gasteiger partial charge in [-0.15, -0.1) is 0 Å². The van der Waals surface area contributed by atoms with Gasteiger partial charge in [-0.3, -0.25) is 14.2 Å². The molecule has 0 radical (unpaired) electrons. The fourth-order valence-corrected chi connectivity index (χ4v) is 6.60. The topological polar surface area (TPSA) is 111 Å². The molecular weight excluding hydrogens is 750 g/mol.